The third kappa shape index (κ3) is 4.94. The fourth-order valence-corrected chi connectivity index (χ4v) is 4.07. The normalized spacial score (nSPS) is 12.8. The Bertz CT molecular complexity index is 635. The van der Waals surface area contributed by atoms with Gasteiger partial charge in [0.15, 0.2) is 8.32 Å². The van der Waals surface area contributed by atoms with Crippen LogP contribution < -0.4 is 0 Å². The van der Waals surface area contributed by atoms with Crippen molar-refractivity contribution < 1.29 is 4.43 Å². The number of rotatable bonds is 7. The first-order valence-electron chi connectivity index (χ1n) is 7.01. The maximum atomic E-state index is 8.95. The van der Waals surface area contributed by atoms with Crippen LogP contribution in [-0.2, 0) is 4.43 Å². The van der Waals surface area contributed by atoms with Crippen LogP contribution in [-0.4, -0.2) is 40.4 Å². The molecule has 2 aromatic rings. The molecule has 0 bridgehead atoms. The fourth-order valence-electron chi connectivity index (χ4n) is 1.90. The summed E-state index contributed by atoms with van der Waals surface area (Å²) in [5, 5.41) is 21.5. The monoisotopic (exact) mass is 333 g/mol. The van der Waals surface area contributed by atoms with E-state index in [-0.39, 0.29) is 6.10 Å². The Morgan fingerprint density at radius 2 is 2.05 bits per heavy atom. The molecule has 22 heavy (non-hydrogen) atoms. The molecule has 0 fully saturated rings. The van der Waals surface area contributed by atoms with Crippen LogP contribution in [0.3, 0.4) is 0 Å². The summed E-state index contributed by atoms with van der Waals surface area (Å²) in [6.07, 6.45) is 0.284. The lowest BCUT2D eigenvalue weighted by molar-refractivity contribution is 0.224. The number of nitrogens with zero attached hydrogens (tertiary/aromatic N) is 5. The van der Waals surface area contributed by atoms with E-state index in [0.717, 1.165) is 5.69 Å². The van der Waals surface area contributed by atoms with Crippen molar-refractivity contribution in [2.75, 3.05) is 5.75 Å². The number of tetrazole rings is 1. The van der Waals surface area contributed by atoms with Crippen LogP contribution >= 0.6 is 11.8 Å². The average molecular weight is 333 g/mol. The Morgan fingerprint density at radius 3 is 2.68 bits per heavy atom. The summed E-state index contributed by atoms with van der Waals surface area (Å²) in [5.41, 5.74) is 0.915. The number of nitriles is 1. The van der Waals surface area contributed by atoms with Crippen molar-refractivity contribution in [1.29, 1.82) is 5.26 Å². The highest BCUT2D eigenvalue weighted by Gasteiger charge is 2.22. The van der Waals surface area contributed by atoms with Gasteiger partial charge in [-0.25, -0.2) is 0 Å². The molecule has 0 radical (unpaired) electrons. The maximum absolute atomic E-state index is 8.95. The molecule has 1 heterocycles. The van der Waals surface area contributed by atoms with Gasteiger partial charge in [-0.1, -0.05) is 30.0 Å². The van der Waals surface area contributed by atoms with Gasteiger partial charge in [0.2, 0.25) is 5.16 Å². The van der Waals surface area contributed by atoms with Gasteiger partial charge >= 0.3 is 0 Å². The molecule has 0 aliphatic heterocycles. The van der Waals surface area contributed by atoms with E-state index in [1.54, 1.807) is 4.68 Å². The minimum atomic E-state index is -1.68. The summed E-state index contributed by atoms with van der Waals surface area (Å²) >= 11 is 1.51. The second-order valence-electron chi connectivity index (χ2n) is 5.73. The van der Waals surface area contributed by atoms with Gasteiger partial charge in [-0.15, -0.1) is 5.10 Å². The van der Waals surface area contributed by atoms with Crippen molar-refractivity contribution in [3.05, 3.63) is 30.3 Å². The molecule has 0 N–H and O–H groups in total. The standard InChI is InChI=1S/C14H19N5OSSi/c1-22(2,3)20-13(9-10-15)11-21-14-16-17-18-19(14)12-7-5-4-6-8-12/h4-8,13H,9,11H2,1-3H3/t13-/m0/s1. The average Bonchev–Trinajstić information content (AvgIpc) is 2.93. The van der Waals surface area contributed by atoms with Crippen molar-refractivity contribution in [2.45, 2.75) is 37.3 Å². The van der Waals surface area contributed by atoms with E-state index in [4.69, 9.17) is 9.69 Å². The Hall–Kier alpha value is -1.69. The van der Waals surface area contributed by atoms with Crippen LogP contribution in [0.4, 0.5) is 0 Å². The molecule has 0 saturated carbocycles. The third-order valence-electron chi connectivity index (χ3n) is 2.68. The van der Waals surface area contributed by atoms with E-state index >= 15 is 0 Å². The van der Waals surface area contributed by atoms with Crippen LogP contribution in [0.15, 0.2) is 35.5 Å². The van der Waals surface area contributed by atoms with Gasteiger partial charge in [0.1, 0.15) is 0 Å². The SMILES string of the molecule is C[Si](C)(C)O[C@@H](CC#N)CSc1nnnn1-c1ccccc1. The molecule has 1 aromatic heterocycles. The molecule has 1 atom stereocenters. The lowest BCUT2D eigenvalue weighted by atomic mass is 10.3. The van der Waals surface area contributed by atoms with Gasteiger partial charge in [0.25, 0.3) is 0 Å². The van der Waals surface area contributed by atoms with E-state index < -0.39 is 8.32 Å². The molecule has 0 saturated heterocycles. The molecule has 1 aromatic carbocycles. The maximum Gasteiger partial charge on any atom is 0.214 e. The van der Waals surface area contributed by atoms with Gasteiger partial charge in [-0.05, 0) is 42.2 Å². The molecule has 0 aliphatic rings. The molecule has 0 amide bonds. The number of hydrogen-bond donors (Lipinski definition) is 0. The molecule has 116 valence electrons. The Balaban J connectivity index is 2.05. The first-order chi connectivity index (χ1) is 10.5. The van der Waals surface area contributed by atoms with Crippen LogP contribution in [0.2, 0.25) is 19.6 Å². The molecule has 0 aliphatic carbocycles. The number of aromatic nitrogens is 4. The molecular weight excluding hydrogens is 314 g/mol. The Morgan fingerprint density at radius 1 is 1.32 bits per heavy atom. The van der Waals surface area contributed by atoms with Crippen LogP contribution in [0.5, 0.6) is 0 Å². The van der Waals surface area contributed by atoms with Crippen molar-refractivity contribution >= 4 is 20.1 Å². The second kappa shape index (κ2) is 7.53. The molecule has 0 spiro atoms. The van der Waals surface area contributed by atoms with E-state index in [0.29, 0.717) is 17.3 Å². The van der Waals surface area contributed by atoms with Gasteiger partial charge in [-0.3, -0.25) is 0 Å². The Kier molecular flexibility index (Phi) is 5.71. The molecule has 0 unspecified atom stereocenters. The molecular formula is C14H19N5OSSi. The lowest BCUT2D eigenvalue weighted by Gasteiger charge is -2.24. The van der Waals surface area contributed by atoms with Gasteiger partial charge in [0.05, 0.1) is 24.3 Å². The fraction of sp³-hybridized carbons (Fsp3) is 0.429. The summed E-state index contributed by atoms with van der Waals surface area (Å²) in [4.78, 5) is 0. The summed E-state index contributed by atoms with van der Waals surface area (Å²) < 4.78 is 7.74. The van der Waals surface area contributed by atoms with E-state index in [2.05, 4.69) is 41.2 Å². The highest BCUT2D eigenvalue weighted by Crippen LogP contribution is 2.22. The summed E-state index contributed by atoms with van der Waals surface area (Å²) in [6, 6.07) is 11.9. The topological polar surface area (TPSA) is 76.6 Å². The Labute approximate surface area is 135 Å². The van der Waals surface area contributed by atoms with Crippen molar-refractivity contribution in [3.8, 4) is 11.8 Å². The quantitative estimate of drug-likeness (QED) is 0.573. The molecule has 8 heteroatoms. The molecule has 2 rings (SSSR count). The first kappa shape index (κ1) is 16.7. The van der Waals surface area contributed by atoms with E-state index in [1.165, 1.54) is 11.8 Å². The first-order valence-corrected chi connectivity index (χ1v) is 11.4. The van der Waals surface area contributed by atoms with Gasteiger partial charge in [-0.2, -0.15) is 9.94 Å². The summed E-state index contributed by atoms with van der Waals surface area (Å²) in [5.74, 6) is 0.658. The predicted octanol–water partition coefficient (Wildman–Crippen LogP) is 2.89. The van der Waals surface area contributed by atoms with E-state index in [9.17, 15) is 0 Å². The number of hydrogen-bond acceptors (Lipinski definition) is 6. The largest absolute Gasteiger partial charge is 0.413 e. The van der Waals surface area contributed by atoms with Crippen molar-refractivity contribution in [1.82, 2.24) is 20.2 Å². The number of benzene rings is 1. The van der Waals surface area contributed by atoms with Gasteiger partial charge < -0.3 is 4.43 Å². The van der Waals surface area contributed by atoms with Crippen molar-refractivity contribution in [2.24, 2.45) is 0 Å². The van der Waals surface area contributed by atoms with Gasteiger partial charge in [0, 0.05) is 5.75 Å². The minimum absolute atomic E-state index is 0.0948. The number of thioether (sulfide) groups is 1. The van der Waals surface area contributed by atoms with Crippen LogP contribution in [0.25, 0.3) is 5.69 Å². The highest BCUT2D eigenvalue weighted by molar-refractivity contribution is 7.99. The zero-order valence-corrected chi connectivity index (χ0v) is 14.7. The smallest absolute Gasteiger partial charge is 0.214 e. The van der Waals surface area contributed by atoms with Crippen LogP contribution in [0, 0.1) is 11.3 Å². The van der Waals surface area contributed by atoms with Crippen LogP contribution in [0.1, 0.15) is 6.42 Å². The number of para-hydroxylation sites is 1. The second-order valence-corrected chi connectivity index (χ2v) is 11.2. The van der Waals surface area contributed by atoms with E-state index in [1.807, 2.05) is 30.3 Å². The molecule has 6 nitrogen and oxygen atoms in total. The predicted molar refractivity (Wildman–Crippen MR) is 88.3 cm³/mol. The lowest BCUT2D eigenvalue weighted by Crippen LogP contribution is -2.33. The zero-order chi connectivity index (χ0) is 16.0. The zero-order valence-electron chi connectivity index (χ0n) is 12.9. The third-order valence-corrected chi connectivity index (χ3v) is 4.77. The highest BCUT2D eigenvalue weighted by atomic mass is 32.2. The summed E-state index contributed by atoms with van der Waals surface area (Å²) in [6.45, 7) is 6.36. The summed E-state index contributed by atoms with van der Waals surface area (Å²) in [7, 11) is -1.68. The minimum Gasteiger partial charge on any atom is -0.413 e. The van der Waals surface area contributed by atoms with Crippen molar-refractivity contribution in [3.63, 3.8) is 0 Å².